The molecule has 2 rings (SSSR count). The van der Waals surface area contributed by atoms with Gasteiger partial charge in [0.1, 0.15) is 10.1 Å². The molecule has 1 saturated carbocycles. The summed E-state index contributed by atoms with van der Waals surface area (Å²) >= 11 is 3.36. The average Bonchev–Trinajstić information content (AvgIpc) is 2.61. The van der Waals surface area contributed by atoms with Gasteiger partial charge in [-0.05, 0) is 67.5 Å². The van der Waals surface area contributed by atoms with Crippen molar-refractivity contribution in [3.63, 3.8) is 0 Å². The van der Waals surface area contributed by atoms with E-state index in [9.17, 15) is 4.79 Å². The van der Waals surface area contributed by atoms with Crippen LogP contribution in [0.1, 0.15) is 39.4 Å². The van der Waals surface area contributed by atoms with Crippen molar-refractivity contribution in [1.82, 2.24) is 10.5 Å². The topological polar surface area (TPSA) is 73.6 Å². The molecular formula is C14H21BrN2O4. The molecule has 1 heterocycles. The second-order valence-electron chi connectivity index (χ2n) is 6.35. The van der Waals surface area contributed by atoms with Crippen molar-refractivity contribution >= 4 is 22.0 Å². The van der Waals surface area contributed by atoms with Gasteiger partial charge in [-0.15, -0.1) is 0 Å². The van der Waals surface area contributed by atoms with Crippen molar-refractivity contribution in [2.45, 2.75) is 52.2 Å². The number of nitrogens with one attached hydrogen (secondary N) is 1. The van der Waals surface area contributed by atoms with Crippen molar-refractivity contribution in [2.75, 3.05) is 6.61 Å². The molecule has 6 nitrogen and oxygen atoms in total. The number of halogens is 1. The molecule has 118 valence electrons. The number of hydrogen-bond donors (Lipinski definition) is 1. The van der Waals surface area contributed by atoms with E-state index >= 15 is 0 Å². The Morgan fingerprint density at radius 3 is 2.67 bits per heavy atom. The van der Waals surface area contributed by atoms with Crippen molar-refractivity contribution in [1.29, 1.82) is 0 Å². The Morgan fingerprint density at radius 2 is 2.14 bits per heavy atom. The van der Waals surface area contributed by atoms with Gasteiger partial charge in [0, 0.05) is 6.04 Å². The number of amides is 1. The quantitative estimate of drug-likeness (QED) is 0.890. The van der Waals surface area contributed by atoms with Crippen LogP contribution in [0.4, 0.5) is 4.79 Å². The number of aromatic nitrogens is 1. The summed E-state index contributed by atoms with van der Waals surface area (Å²) in [4.78, 5) is 11.6. The van der Waals surface area contributed by atoms with Crippen LogP contribution in [-0.2, 0) is 4.74 Å². The second kappa shape index (κ2) is 6.25. The number of carbonyl (C=O) groups is 1. The van der Waals surface area contributed by atoms with Crippen LogP contribution in [0.5, 0.6) is 5.88 Å². The first-order valence-corrected chi connectivity index (χ1v) is 7.78. The lowest BCUT2D eigenvalue weighted by atomic mass is 9.81. The third kappa shape index (κ3) is 4.62. The average molecular weight is 361 g/mol. The van der Waals surface area contributed by atoms with Gasteiger partial charge in [-0.2, -0.15) is 0 Å². The van der Waals surface area contributed by atoms with E-state index in [1.165, 1.54) is 0 Å². The molecule has 1 aromatic rings. The summed E-state index contributed by atoms with van der Waals surface area (Å²) < 4.78 is 16.6. The normalized spacial score (nSPS) is 21.6. The molecule has 7 heteroatoms. The summed E-state index contributed by atoms with van der Waals surface area (Å²) in [5.41, 5.74) is -0.465. The summed E-state index contributed by atoms with van der Waals surface area (Å²) in [7, 11) is 0. The summed E-state index contributed by atoms with van der Waals surface area (Å²) in [6.45, 7) is 7.93. The lowest BCUT2D eigenvalue weighted by Crippen LogP contribution is -2.47. The van der Waals surface area contributed by atoms with E-state index < -0.39 is 5.60 Å². The van der Waals surface area contributed by atoms with Crippen LogP contribution < -0.4 is 10.1 Å². The maximum atomic E-state index is 11.6. The van der Waals surface area contributed by atoms with E-state index in [1.807, 2.05) is 27.7 Å². The molecule has 0 radical (unpaired) electrons. The molecule has 1 N–H and O–H groups in total. The van der Waals surface area contributed by atoms with E-state index in [-0.39, 0.29) is 12.1 Å². The Hall–Kier alpha value is -1.24. The fraction of sp³-hybridized carbons (Fsp3) is 0.714. The summed E-state index contributed by atoms with van der Waals surface area (Å²) in [5.74, 6) is 1.59. The molecule has 0 saturated heterocycles. The first-order valence-electron chi connectivity index (χ1n) is 6.98. The van der Waals surface area contributed by atoms with Gasteiger partial charge in [0.2, 0.25) is 0 Å². The first-order chi connectivity index (χ1) is 9.74. The zero-order chi connectivity index (χ0) is 15.6. The molecule has 1 amide bonds. The Bertz CT molecular complexity index is 504. The molecule has 0 spiro atoms. The second-order valence-corrected chi connectivity index (χ2v) is 7.14. The van der Waals surface area contributed by atoms with Crippen LogP contribution in [0, 0.1) is 12.8 Å². The maximum absolute atomic E-state index is 11.6. The maximum Gasteiger partial charge on any atom is 0.407 e. The molecule has 0 aliphatic heterocycles. The van der Waals surface area contributed by atoms with E-state index in [4.69, 9.17) is 14.0 Å². The number of rotatable bonds is 4. The molecule has 0 atom stereocenters. The number of carbonyl (C=O) groups excluding carboxylic acids is 1. The molecular weight excluding hydrogens is 340 g/mol. The molecule has 0 unspecified atom stereocenters. The lowest BCUT2D eigenvalue weighted by Gasteiger charge is -2.35. The van der Waals surface area contributed by atoms with Gasteiger partial charge in [-0.25, -0.2) is 4.79 Å². The van der Waals surface area contributed by atoms with Crippen molar-refractivity contribution in [2.24, 2.45) is 5.92 Å². The fourth-order valence-electron chi connectivity index (χ4n) is 2.09. The van der Waals surface area contributed by atoms with E-state index in [0.717, 1.165) is 17.3 Å². The minimum Gasteiger partial charge on any atom is -0.474 e. The highest BCUT2D eigenvalue weighted by molar-refractivity contribution is 9.10. The van der Waals surface area contributed by atoms with Crippen LogP contribution in [0.15, 0.2) is 9.00 Å². The largest absolute Gasteiger partial charge is 0.474 e. The standard InChI is InChI=1S/C14H21BrN2O4/c1-8-11(15)12(17-21-8)19-7-9-5-10(6-9)16-13(18)20-14(2,3)4/h9-10H,5-7H2,1-4H3,(H,16,18)/t9-,10+. The van der Waals surface area contributed by atoms with Crippen LogP contribution in [0.2, 0.25) is 0 Å². The van der Waals surface area contributed by atoms with Crippen LogP contribution >= 0.6 is 15.9 Å². The number of alkyl carbamates (subject to hydrolysis) is 1. The monoisotopic (exact) mass is 360 g/mol. The van der Waals surface area contributed by atoms with Gasteiger partial charge in [-0.3, -0.25) is 0 Å². The molecule has 0 aromatic carbocycles. The predicted octanol–water partition coefficient (Wildman–Crippen LogP) is 3.43. The van der Waals surface area contributed by atoms with Gasteiger partial charge in [0.15, 0.2) is 5.76 Å². The summed E-state index contributed by atoms with van der Waals surface area (Å²) in [5, 5.41) is 6.68. The fourth-order valence-corrected chi connectivity index (χ4v) is 2.35. The highest BCUT2D eigenvalue weighted by atomic mass is 79.9. The zero-order valence-corrected chi connectivity index (χ0v) is 14.3. The molecule has 1 fully saturated rings. The number of hydrogen-bond acceptors (Lipinski definition) is 5. The van der Waals surface area contributed by atoms with Crippen molar-refractivity contribution in [3.05, 3.63) is 10.2 Å². The highest BCUT2D eigenvalue weighted by Crippen LogP contribution is 2.31. The van der Waals surface area contributed by atoms with Crippen LogP contribution in [0.25, 0.3) is 0 Å². The highest BCUT2D eigenvalue weighted by Gasteiger charge is 2.32. The lowest BCUT2D eigenvalue weighted by molar-refractivity contribution is 0.0426. The zero-order valence-electron chi connectivity index (χ0n) is 12.7. The Morgan fingerprint density at radius 1 is 1.48 bits per heavy atom. The smallest absolute Gasteiger partial charge is 0.407 e. The summed E-state index contributed by atoms with van der Waals surface area (Å²) in [6, 6.07) is 0.163. The van der Waals surface area contributed by atoms with Crippen LogP contribution in [-0.4, -0.2) is 29.5 Å². The number of aryl methyl sites for hydroxylation is 1. The number of ether oxygens (including phenoxy) is 2. The molecule has 21 heavy (non-hydrogen) atoms. The minimum atomic E-state index is -0.465. The Balaban J connectivity index is 1.66. The molecule has 0 bridgehead atoms. The third-order valence-electron chi connectivity index (χ3n) is 3.17. The Kier molecular flexibility index (Phi) is 4.81. The SMILES string of the molecule is Cc1onc(OC[C@H]2C[C@@H](NC(=O)OC(C)(C)C)C2)c1Br. The van der Waals surface area contributed by atoms with E-state index in [1.54, 1.807) is 0 Å². The predicted molar refractivity (Wildman–Crippen MR) is 80.3 cm³/mol. The minimum absolute atomic E-state index is 0.163. The number of nitrogens with zero attached hydrogens (tertiary/aromatic N) is 1. The third-order valence-corrected chi connectivity index (χ3v) is 4.07. The van der Waals surface area contributed by atoms with E-state index in [0.29, 0.717) is 24.2 Å². The van der Waals surface area contributed by atoms with Crippen LogP contribution in [0.3, 0.4) is 0 Å². The first kappa shape index (κ1) is 16.1. The molecule has 1 aliphatic carbocycles. The van der Waals surface area contributed by atoms with E-state index in [2.05, 4.69) is 26.4 Å². The van der Waals surface area contributed by atoms with Gasteiger partial charge in [0.05, 0.1) is 6.61 Å². The van der Waals surface area contributed by atoms with Gasteiger partial charge >= 0.3 is 6.09 Å². The Labute approximate surface area is 132 Å². The van der Waals surface area contributed by atoms with Gasteiger partial charge in [0.25, 0.3) is 5.88 Å². The van der Waals surface area contributed by atoms with Gasteiger partial charge in [-0.1, -0.05) is 0 Å². The van der Waals surface area contributed by atoms with Crippen molar-refractivity contribution < 1.29 is 18.8 Å². The summed E-state index contributed by atoms with van der Waals surface area (Å²) in [6.07, 6.45) is 1.41. The molecule has 1 aliphatic rings. The molecule has 1 aromatic heterocycles. The van der Waals surface area contributed by atoms with Gasteiger partial charge < -0.3 is 19.3 Å². The van der Waals surface area contributed by atoms with Crippen molar-refractivity contribution in [3.8, 4) is 5.88 Å².